The van der Waals surface area contributed by atoms with Crippen molar-refractivity contribution in [2.75, 3.05) is 33.7 Å². The molecule has 58 heavy (non-hydrogen) atoms. The normalized spacial score (nSPS) is 35.4. The van der Waals surface area contributed by atoms with Crippen LogP contribution in [0.1, 0.15) is 133 Å². The average molecular weight is 791 g/mol. The molecule has 7 heteroatoms. The van der Waals surface area contributed by atoms with Crippen LogP contribution in [0.4, 0.5) is 0 Å². The lowest BCUT2D eigenvalue weighted by Gasteiger charge is -2.72. The molecule has 10 atom stereocenters. The summed E-state index contributed by atoms with van der Waals surface area (Å²) in [5, 5.41) is 20.6. The Kier molecular flexibility index (Phi) is 11.4. The van der Waals surface area contributed by atoms with Gasteiger partial charge in [-0.1, -0.05) is 107 Å². The fraction of sp³-hybridized carbons (Fsp3) is 0.627. The number of likely N-dealkylation sites (N-methyl/N-ethyl adjacent to an activating group) is 1. The van der Waals surface area contributed by atoms with E-state index in [1.165, 1.54) is 42.4 Å². The van der Waals surface area contributed by atoms with Crippen molar-refractivity contribution in [2.45, 2.75) is 112 Å². The second-order valence-corrected chi connectivity index (χ2v) is 21.0. The highest BCUT2D eigenvalue weighted by atomic mass is 16.4. The molecule has 2 N–H and O–H groups in total. The molecule has 314 valence electrons. The molecule has 0 bridgehead atoms. The number of carbonyl (C=O) groups is 3. The fourth-order valence-electron chi connectivity index (χ4n) is 14.6. The number of rotatable bonds is 12. The number of amides is 1. The summed E-state index contributed by atoms with van der Waals surface area (Å²) in [6, 6.07) is 17.1. The van der Waals surface area contributed by atoms with Gasteiger partial charge in [0, 0.05) is 25.2 Å². The summed E-state index contributed by atoms with van der Waals surface area (Å²) in [7, 11) is 4.03. The second kappa shape index (κ2) is 15.5. The fourth-order valence-corrected chi connectivity index (χ4v) is 14.6. The molecule has 4 fully saturated rings. The van der Waals surface area contributed by atoms with E-state index in [2.05, 4.69) is 71.2 Å². The van der Waals surface area contributed by atoms with Crippen molar-refractivity contribution in [2.24, 2.45) is 56.7 Å². The lowest BCUT2D eigenvalue weighted by Crippen LogP contribution is -2.66. The number of carboxylic acid groups (broad SMARTS) is 1. The van der Waals surface area contributed by atoms with Gasteiger partial charge in [0.2, 0.25) is 5.91 Å². The molecule has 4 saturated carbocycles. The molecule has 5 aliphatic rings. The minimum Gasteiger partial charge on any atom is -0.481 e. The topological polar surface area (TPSA) is 98.2 Å². The summed E-state index contributed by atoms with van der Waals surface area (Å²) in [6.07, 6.45) is 11.1. The molecule has 2 aromatic carbocycles. The Bertz CT molecular complexity index is 1930. The first kappa shape index (κ1) is 42.6. The van der Waals surface area contributed by atoms with Gasteiger partial charge in [0.25, 0.3) is 0 Å². The number of hydrogen-bond acceptors (Lipinski definition) is 5. The third kappa shape index (κ3) is 6.94. The molecule has 0 heterocycles. The standard InChI is InChI=1S/C51H70N2O5/c1-33(2)37-21-26-51(32-53(30-29-52(8)9)42(54)31-43(55)56)28-27-49(6)39(44(37)51)19-20-41-48(5)24-22-38(47(3,4)40(48)23-25-50(41,49)7)34-15-17-36(18-16-34)46(58)45(57)35-13-11-10-12-14-35/h10-18,22,37,39-41,44,46,58H,1,19-21,23-32H2,2-9H3,(H,55,56)/t37-,39+,40-,41+,44+,46?,48-,49+,50+,51+/m0/s1. The van der Waals surface area contributed by atoms with Gasteiger partial charge in [-0.25, -0.2) is 0 Å². The van der Waals surface area contributed by atoms with Crippen molar-refractivity contribution in [3.63, 3.8) is 0 Å². The zero-order valence-corrected chi connectivity index (χ0v) is 36.7. The predicted octanol–water partition coefficient (Wildman–Crippen LogP) is 10.1. The number of allylic oxidation sites excluding steroid dienone is 3. The van der Waals surface area contributed by atoms with Gasteiger partial charge in [-0.15, -0.1) is 0 Å². The summed E-state index contributed by atoms with van der Waals surface area (Å²) in [5.74, 6) is 0.905. The Hall–Kier alpha value is -3.55. The van der Waals surface area contributed by atoms with Crippen LogP contribution in [0.15, 0.2) is 72.8 Å². The van der Waals surface area contributed by atoms with Crippen LogP contribution in [0.3, 0.4) is 0 Å². The van der Waals surface area contributed by atoms with Gasteiger partial charge in [-0.2, -0.15) is 0 Å². The molecule has 2 aromatic rings. The van der Waals surface area contributed by atoms with Crippen molar-refractivity contribution in [3.05, 3.63) is 89.5 Å². The molecular formula is C51H70N2O5. The van der Waals surface area contributed by atoms with E-state index in [9.17, 15) is 24.6 Å². The number of nitrogens with zero attached hydrogens (tertiary/aromatic N) is 2. The quantitative estimate of drug-likeness (QED) is 0.126. The van der Waals surface area contributed by atoms with E-state index in [1.54, 1.807) is 12.1 Å². The molecule has 0 radical (unpaired) electrons. The van der Waals surface area contributed by atoms with Crippen LogP contribution >= 0.6 is 0 Å². The van der Waals surface area contributed by atoms with Gasteiger partial charge < -0.3 is 20.0 Å². The predicted molar refractivity (Wildman–Crippen MR) is 232 cm³/mol. The number of carboxylic acids is 1. The largest absolute Gasteiger partial charge is 0.481 e. The molecule has 0 aromatic heterocycles. The van der Waals surface area contributed by atoms with Gasteiger partial charge in [0.15, 0.2) is 5.78 Å². The van der Waals surface area contributed by atoms with Crippen LogP contribution in [-0.4, -0.2) is 71.4 Å². The van der Waals surface area contributed by atoms with E-state index in [0.717, 1.165) is 32.1 Å². The molecule has 1 unspecified atom stereocenters. The Morgan fingerprint density at radius 1 is 0.828 bits per heavy atom. The zero-order valence-electron chi connectivity index (χ0n) is 36.7. The van der Waals surface area contributed by atoms with Crippen LogP contribution in [0.5, 0.6) is 0 Å². The van der Waals surface area contributed by atoms with E-state index in [4.69, 9.17) is 0 Å². The first-order valence-corrected chi connectivity index (χ1v) is 22.2. The van der Waals surface area contributed by atoms with Gasteiger partial charge in [-0.3, -0.25) is 14.4 Å². The number of ketones is 1. The van der Waals surface area contributed by atoms with E-state index < -0.39 is 18.5 Å². The average Bonchev–Trinajstić information content (AvgIpc) is 3.56. The number of benzene rings is 2. The molecule has 0 saturated heterocycles. The summed E-state index contributed by atoms with van der Waals surface area (Å²) in [5.41, 5.74) is 5.35. The summed E-state index contributed by atoms with van der Waals surface area (Å²) < 4.78 is 0. The van der Waals surface area contributed by atoms with E-state index in [0.29, 0.717) is 60.4 Å². The minimum atomic E-state index is -1.19. The van der Waals surface area contributed by atoms with Crippen molar-refractivity contribution >= 4 is 23.2 Å². The smallest absolute Gasteiger partial charge is 0.312 e. The number of carbonyl (C=O) groups excluding carboxylic acids is 2. The van der Waals surface area contributed by atoms with Crippen LogP contribution in [0.2, 0.25) is 0 Å². The molecule has 0 aliphatic heterocycles. The lowest BCUT2D eigenvalue weighted by molar-refractivity contribution is -0.226. The monoisotopic (exact) mass is 791 g/mol. The summed E-state index contributed by atoms with van der Waals surface area (Å²) in [6.45, 7) is 21.6. The Morgan fingerprint density at radius 2 is 1.52 bits per heavy atom. The molecule has 0 spiro atoms. The third-order valence-corrected chi connectivity index (χ3v) is 17.6. The third-order valence-electron chi connectivity index (χ3n) is 17.6. The van der Waals surface area contributed by atoms with Crippen LogP contribution in [0, 0.1) is 56.7 Å². The van der Waals surface area contributed by atoms with E-state index >= 15 is 0 Å². The maximum Gasteiger partial charge on any atom is 0.312 e. The van der Waals surface area contributed by atoms with Crippen LogP contribution in [0.25, 0.3) is 5.57 Å². The maximum atomic E-state index is 13.6. The SMILES string of the molecule is C=C(C)[C@@H]1CC[C@]2(CN(CCN(C)C)C(=O)CC(=O)O)CC[C@]3(C)[C@H](CC[C@@H]4[C@@]5(C)CC=C(c6ccc(C(O)C(=O)c7ccccc7)cc6)C(C)(C)[C@@H]5CC[C@]43C)[C@@H]12. The zero-order chi connectivity index (χ0) is 42.0. The van der Waals surface area contributed by atoms with Gasteiger partial charge >= 0.3 is 5.97 Å². The van der Waals surface area contributed by atoms with Crippen LogP contribution in [-0.2, 0) is 9.59 Å². The first-order chi connectivity index (χ1) is 27.3. The molecule has 7 nitrogen and oxygen atoms in total. The van der Waals surface area contributed by atoms with E-state index in [-0.39, 0.29) is 38.8 Å². The molecule has 7 rings (SSSR count). The van der Waals surface area contributed by atoms with Crippen molar-refractivity contribution < 1.29 is 24.6 Å². The highest BCUT2D eigenvalue weighted by Crippen LogP contribution is 2.77. The number of aliphatic hydroxyl groups excluding tert-OH is 1. The van der Waals surface area contributed by atoms with E-state index in [1.807, 2.05) is 49.3 Å². The number of fused-ring (bicyclic) bond motifs is 7. The molecular weight excluding hydrogens is 721 g/mol. The number of Topliss-reactive ketones (excluding diaryl/α,β-unsaturated/α-hetero) is 1. The molecule has 5 aliphatic carbocycles. The van der Waals surface area contributed by atoms with Crippen molar-refractivity contribution in [3.8, 4) is 0 Å². The number of hydrogen-bond donors (Lipinski definition) is 2. The Balaban J connectivity index is 1.16. The van der Waals surface area contributed by atoms with Crippen molar-refractivity contribution in [1.82, 2.24) is 9.80 Å². The van der Waals surface area contributed by atoms with Gasteiger partial charge in [0.05, 0.1) is 0 Å². The van der Waals surface area contributed by atoms with Gasteiger partial charge in [0.1, 0.15) is 12.5 Å². The first-order valence-electron chi connectivity index (χ1n) is 22.2. The second-order valence-electron chi connectivity index (χ2n) is 21.0. The van der Waals surface area contributed by atoms with Crippen molar-refractivity contribution in [1.29, 1.82) is 0 Å². The highest BCUT2D eigenvalue weighted by molar-refractivity contribution is 5.99. The maximum absolute atomic E-state index is 13.6. The highest BCUT2D eigenvalue weighted by Gasteiger charge is 2.70. The van der Waals surface area contributed by atoms with Gasteiger partial charge in [-0.05, 0) is 152 Å². The van der Waals surface area contributed by atoms with Crippen LogP contribution < -0.4 is 0 Å². The lowest BCUT2D eigenvalue weighted by atomic mass is 9.32. The Morgan fingerprint density at radius 3 is 2.16 bits per heavy atom. The number of aliphatic hydroxyl groups is 1. The minimum absolute atomic E-state index is 0.0243. The summed E-state index contributed by atoms with van der Waals surface area (Å²) >= 11 is 0. The Labute approximate surface area is 348 Å². The molecule has 1 amide bonds. The summed E-state index contributed by atoms with van der Waals surface area (Å²) in [4.78, 5) is 42.4. The number of aliphatic carboxylic acids is 1.